The van der Waals surface area contributed by atoms with E-state index in [1.807, 2.05) is 6.92 Å². The second-order valence-electron chi connectivity index (χ2n) is 6.61. The van der Waals surface area contributed by atoms with Crippen LogP contribution in [0.4, 0.5) is 5.13 Å². The minimum absolute atomic E-state index is 0.0530. The molecule has 2 aromatic carbocycles. The fourth-order valence-electron chi connectivity index (χ4n) is 3.39. The van der Waals surface area contributed by atoms with Crippen LogP contribution in [0.15, 0.2) is 59.6 Å². The number of ether oxygens (including phenoxy) is 1. The molecular formula is C22H16Cl2N2O4S. The Bertz CT molecular complexity index is 1180. The molecule has 9 heteroatoms. The van der Waals surface area contributed by atoms with Gasteiger partial charge in [0, 0.05) is 17.1 Å². The van der Waals surface area contributed by atoms with Crippen molar-refractivity contribution in [2.75, 3.05) is 11.5 Å². The van der Waals surface area contributed by atoms with Crippen molar-refractivity contribution in [3.05, 3.63) is 80.8 Å². The van der Waals surface area contributed by atoms with Crippen molar-refractivity contribution in [3.8, 4) is 5.75 Å². The van der Waals surface area contributed by atoms with Gasteiger partial charge in [-0.2, -0.15) is 0 Å². The van der Waals surface area contributed by atoms with E-state index in [1.54, 1.807) is 47.8 Å². The van der Waals surface area contributed by atoms with E-state index >= 15 is 0 Å². The fraction of sp³-hybridized carbons (Fsp3) is 0.136. The molecule has 1 atom stereocenters. The summed E-state index contributed by atoms with van der Waals surface area (Å²) < 4.78 is 5.42. The number of hydrogen-bond donors (Lipinski definition) is 1. The molecule has 4 rings (SSSR count). The van der Waals surface area contributed by atoms with Gasteiger partial charge in [0.15, 0.2) is 5.13 Å². The predicted octanol–water partition coefficient (Wildman–Crippen LogP) is 5.47. The highest BCUT2D eigenvalue weighted by molar-refractivity contribution is 7.14. The van der Waals surface area contributed by atoms with Crippen LogP contribution in [0.1, 0.15) is 24.1 Å². The van der Waals surface area contributed by atoms with Crippen molar-refractivity contribution in [1.82, 2.24) is 4.98 Å². The molecule has 0 spiro atoms. The zero-order chi connectivity index (χ0) is 22.1. The number of ketones is 1. The number of carbonyl (C=O) groups excluding carboxylic acids is 2. The number of thiazole rings is 1. The number of amides is 1. The lowest BCUT2D eigenvalue weighted by Crippen LogP contribution is -2.29. The quantitative estimate of drug-likeness (QED) is 0.301. The average Bonchev–Trinajstić information content (AvgIpc) is 3.37. The van der Waals surface area contributed by atoms with Crippen LogP contribution in [-0.2, 0) is 9.59 Å². The second kappa shape index (κ2) is 8.70. The van der Waals surface area contributed by atoms with Crippen molar-refractivity contribution in [1.29, 1.82) is 0 Å². The molecule has 1 N–H and O–H groups in total. The van der Waals surface area contributed by atoms with Gasteiger partial charge in [-0.15, -0.1) is 11.3 Å². The normalized spacial score (nSPS) is 17.9. The number of hydrogen-bond acceptors (Lipinski definition) is 6. The first-order chi connectivity index (χ1) is 14.9. The number of halogens is 2. The molecule has 1 aliphatic rings. The highest BCUT2D eigenvalue weighted by Gasteiger charge is 2.48. The SMILES string of the molecule is CCOc1ccc(C(O)=C2C(=O)C(=O)N(c3nccs3)[C@@H]2c2ccc(Cl)c(Cl)c2)cc1. The van der Waals surface area contributed by atoms with Gasteiger partial charge in [-0.05, 0) is 48.9 Å². The number of aliphatic hydroxyl groups excluding tert-OH is 1. The Labute approximate surface area is 192 Å². The van der Waals surface area contributed by atoms with E-state index in [9.17, 15) is 14.7 Å². The summed E-state index contributed by atoms with van der Waals surface area (Å²) in [5.74, 6) is -1.25. The van der Waals surface area contributed by atoms with Gasteiger partial charge in [-0.3, -0.25) is 14.5 Å². The Morgan fingerprint density at radius 1 is 1.16 bits per heavy atom. The van der Waals surface area contributed by atoms with Crippen molar-refractivity contribution >= 4 is 57.1 Å². The molecule has 31 heavy (non-hydrogen) atoms. The Kier molecular flexibility index (Phi) is 6.00. The van der Waals surface area contributed by atoms with E-state index in [-0.39, 0.29) is 16.4 Å². The van der Waals surface area contributed by atoms with E-state index in [0.717, 1.165) is 0 Å². The van der Waals surface area contributed by atoms with Gasteiger partial charge < -0.3 is 9.84 Å². The zero-order valence-corrected chi connectivity index (χ0v) is 18.5. The number of aromatic nitrogens is 1. The maximum Gasteiger partial charge on any atom is 0.301 e. The highest BCUT2D eigenvalue weighted by atomic mass is 35.5. The lowest BCUT2D eigenvalue weighted by Gasteiger charge is -2.23. The van der Waals surface area contributed by atoms with Crippen LogP contribution in [0.2, 0.25) is 10.0 Å². The van der Waals surface area contributed by atoms with Crippen LogP contribution in [0.25, 0.3) is 5.76 Å². The molecule has 0 radical (unpaired) electrons. The van der Waals surface area contributed by atoms with Crippen molar-refractivity contribution in [2.45, 2.75) is 13.0 Å². The molecule has 3 aromatic rings. The highest BCUT2D eigenvalue weighted by Crippen LogP contribution is 2.43. The van der Waals surface area contributed by atoms with Crippen LogP contribution >= 0.6 is 34.5 Å². The molecule has 1 aliphatic heterocycles. The van der Waals surface area contributed by atoms with Crippen LogP contribution in [0.3, 0.4) is 0 Å². The second-order valence-corrected chi connectivity index (χ2v) is 8.30. The van der Waals surface area contributed by atoms with Crippen LogP contribution in [-0.4, -0.2) is 28.4 Å². The minimum atomic E-state index is -0.910. The topological polar surface area (TPSA) is 79.7 Å². The predicted molar refractivity (Wildman–Crippen MR) is 121 cm³/mol. The third-order valence-electron chi connectivity index (χ3n) is 4.77. The van der Waals surface area contributed by atoms with E-state index in [1.165, 1.54) is 22.4 Å². The smallest absolute Gasteiger partial charge is 0.301 e. The molecule has 158 valence electrons. The van der Waals surface area contributed by atoms with Crippen LogP contribution in [0, 0.1) is 0 Å². The van der Waals surface area contributed by atoms with Gasteiger partial charge in [0.2, 0.25) is 0 Å². The molecule has 1 amide bonds. The summed E-state index contributed by atoms with van der Waals surface area (Å²) >= 11 is 13.5. The number of anilines is 1. The molecule has 1 fully saturated rings. The number of benzene rings is 2. The van der Waals surface area contributed by atoms with Gasteiger partial charge in [0.1, 0.15) is 11.5 Å². The largest absolute Gasteiger partial charge is 0.507 e. The molecule has 0 saturated carbocycles. The summed E-state index contributed by atoms with van der Waals surface area (Å²) in [6.45, 7) is 2.37. The summed E-state index contributed by atoms with van der Waals surface area (Å²) in [5.41, 5.74) is 0.852. The summed E-state index contributed by atoms with van der Waals surface area (Å²) in [5, 5.41) is 13.7. The van der Waals surface area contributed by atoms with E-state index in [4.69, 9.17) is 27.9 Å². The number of aliphatic hydroxyl groups is 1. The van der Waals surface area contributed by atoms with Crippen molar-refractivity contribution in [2.24, 2.45) is 0 Å². The van der Waals surface area contributed by atoms with Crippen molar-refractivity contribution in [3.63, 3.8) is 0 Å². The summed E-state index contributed by atoms with van der Waals surface area (Å²) in [6, 6.07) is 10.5. The van der Waals surface area contributed by atoms with Gasteiger partial charge in [-0.25, -0.2) is 4.98 Å². The zero-order valence-electron chi connectivity index (χ0n) is 16.2. The van der Waals surface area contributed by atoms with Crippen LogP contribution in [0.5, 0.6) is 5.75 Å². The first-order valence-corrected chi connectivity index (χ1v) is 10.9. The van der Waals surface area contributed by atoms with Crippen LogP contribution < -0.4 is 9.64 Å². The monoisotopic (exact) mass is 474 g/mol. The Balaban J connectivity index is 1.89. The molecule has 1 aromatic heterocycles. The Hall–Kier alpha value is -2.87. The number of Topliss-reactive ketones (excluding diaryl/α,β-unsaturated/α-hetero) is 1. The van der Waals surface area contributed by atoms with Gasteiger partial charge >= 0.3 is 5.91 Å². The summed E-state index contributed by atoms with van der Waals surface area (Å²) in [6.07, 6.45) is 1.54. The van der Waals surface area contributed by atoms with Gasteiger partial charge in [0.05, 0.1) is 28.3 Å². The minimum Gasteiger partial charge on any atom is -0.507 e. The molecule has 0 aliphatic carbocycles. The molecule has 2 heterocycles. The lowest BCUT2D eigenvalue weighted by atomic mass is 9.95. The molecule has 0 unspecified atom stereocenters. The third kappa shape index (κ3) is 3.92. The summed E-state index contributed by atoms with van der Waals surface area (Å²) in [4.78, 5) is 31.4. The van der Waals surface area contributed by atoms with Gasteiger partial charge in [0.25, 0.3) is 5.78 Å². The molecule has 1 saturated heterocycles. The first-order valence-electron chi connectivity index (χ1n) is 9.31. The first kappa shape index (κ1) is 21.4. The maximum absolute atomic E-state index is 13.0. The number of rotatable bonds is 5. The Morgan fingerprint density at radius 3 is 2.52 bits per heavy atom. The van der Waals surface area contributed by atoms with E-state index in [2.05, 4.69) is 4.98 Å². The Morgan fingerprint density at radius 2 is 1.90 bits per heavy atom. The molecule has 0 bridgehead atoms. The summed E-state index contributed by atoms with van der Waals surface area (Å²) in [7, 11) is 0. The van der Waals surface area contributed by atoms with E-state index < -0.39 is 17.7 Å². The lowest BCUT2D eigenvalue weighted by molar-refractivity contribution is -0.132. The average molecular weight is 475 g/mol. The standard InChI is InChI=1S/C22H16Cl2N2O4S/c1-2-30-14-6-3-12(4-7-14)19(27)17-18(13-5-8-15(23)16(24)11-13)26(21(29)20(17)28)22-25-9-10-31-22/h3-11,18,27H,2H2,1H3/t18-/m1/s1. The number of carbonyl (C=O) groups is 2. The van der Waals surface area contributed by atoms with Gasteiger partial charge in [-0.1, -0.05) is 29.3 Å². The maximum atomic E-state index is 13.0. The molecule has 6 nitrogen and oxygen atoms in total. The fourth-order valence-corrected chi connectivity index (χ4v) is 4.37. The molecular weight excluding hydrogens is 459 g/mol. The van der Waals surface area contributed by atoms with E-state index in [0.29, 0.717) is 33.6 Å². The third-order valence-corrected chi connectivity index (χ3v) is 6.28. The van der Waals surface area contributed by atoms with Crippen molar-refractivity contribution < 1.29 is 19.4 Å². The number of nitrogens with zero attached hydrogens (tertiary/aromatic N) is 2.